The summed E-state index contributed by atoms with van der Waals surface area (Å²) < 4.78 is 5.84. The van der Waals surface area contributed by atoms with E-state index in [0.29, 0.717) is 16.1 Å². The predicted molar refractivity (Wildman–Crippen MR) is 73.7 cm³/mol. The second-order valence-electron chi connectivity index (χ2n) is 5.26. The third-order valence-electron chi connectivity index (χ3n) is 2.65. The third kappa shape index (κ3) is 2.27. The molecule has 0 aromatic carbocycles. The summed E-state index contributed by atoms with van der Waals surface area (Å²) in [6, 6.07) is 1.84. The van der Waals surface area contributed by atoms with Crippen LogP contribution in [-0.4, -0.2) is 9.97 Å². The molecule has 0 spiro atoms. The lowest BCUT2D eigenvalue weighted by atomic mass is 9.92. The largest absolute Gasteiger partial charge is 0.461 e. The van der Waals surface area contributed by atoms with Gasteiger partial charge in [-0.3, -0.25) is 4.79 Å². The average Bonchev–Trinajstić information content (AvgIpc) is 2.66. The molecule has 0 unspecified atom stereocenters. The number of H-pyrrole nitrogens is 1. The fourth-order valence-electron chi connectivity index (χ4n) is 1.68. The van der Waals surface area contributed by atoms with E-state index in [1.165, 1.54) is 0 Å². The number of nitrogens with zero attached hydrogens (tertiary/aromatic N) is 1. The Morgan fingerprint density at radius 1 is 1.39 bits per heavy atom. The quantitative estimate of drug-likeness (QED) is 0.878. The molecule has 0 fully saturated rings. The number of furan rings is 1. The van der Waals surface area contributed by atoms with Crippen molar-refractivity contribution in [1.29, 1.82) is 0 Å². The summed E-state index contributed by atoms with van der Waals surface area (Å²) in [7, 11) is 0. The molecule has 96 valence electrons. The van der Waals surface area contributed by atoms with Crippen LogP contribution < -0.4 is 5.56 Å². The van der Waals surface area contributed by atoms with Crippen LogP contribution >= 0.6 is 15.9 Å². The van der Waals surface area contributed by atoms with Crippen LogP contribution in [0, 0.1) is 6.92 Å². The number of nitrogens with one attached hydrogen (secondary N) is 1. The smallest absolute Gasteiger partial charge is 0.265 e. The van der Waals surface area contributed by atoms with Crippen LogP contribution in [-0.2, 0) is 5.41 Å². The predicted octanol–water partition coefficient (Wildman–Crippen LogP) is 3.40. The number of rotatable bonds is 1. The summed E-state index contributed by atoms with van der Waals surface area (Å²) in [5, 5.41) is 0. The van der Waals surface area contributed by atoms with E-state index in [-0.39, 0.29) is 11.0 Å². The van der Waals surface area contributed by atoms with Crippen LogP contribution in [0.25, 0.3) is 11.6 Å². The van der Waals surface area contributed by atoms with Crippen LogP contribution in [0.3, 0.4) is 0 Å². The monoisotopic (exact) mass is 310 g/mol. The molecule has 4 nitrogen and oxygen atoms in total. The number of aryl methyl sites for hydroxylation is 1. The molecule has 2 aromatic rings. The molecular formula is C13H15BrN2O2. The van der Waals surface area contributed by atoms with Crippen molar-refractivity contribution >= 4 is 15.9 Å². The third-order valence-corrected chi connectivity index (χ3v) is 3.39. The van der Waals surface area contributed by atoms with Crippen LogP contribution in [0.4, 0.5) is 0 Å². The summed E-state index contributed by atoms with van der Waals surface area (Å²) in [6.45, 7) is 7.95. The Morgan fingerprint density at radius 3 is 2.56 bits per heavy atom. The van der Waals surface area contributed by atoms with Crippen molar-refractivity contribution in [3.05, 3.63) is 38.4 Å². The molecule has 0 atom stereocenters. The summed E-state index contributed by atoms with van der Waals surface area (Å²) in [5.74, 6) is 1.07. The fraction of sp³-hybridized carbons (Fsp3) is 0.385. The SMILES string of the molecule is Cc1ccoc1-c1nc(C(C)(C)C)c(Br)c(=O)[nH]1. The van der Waals surface area contributed by atoms with E-state index >= 15 is 0 Å². The number of hydrogen-bond donors (Lipinski definition) is 1. The Labute approximate surface area is 114 Å². The zero-order valence-electron chi connectivity index (χ0n) is 10.8. The van der Waals surface area contributed by atoms with E-state index in [0.717, 1.165) is 11.3 Å². The summed E-state index contributed by atoms with van der Waals surface area (Å²) in [6.07, 6.45) is 1.59. The maximum atomic E-state index is 11.9. The average molecular weight is 311 g/mol. The van der Waals surface area contributed by atoms with Crippen molar-refractivity contribution < 1.29 is 4.42 Å². The minimum absolute atomic E-state index is 0.194. The summed E-state index contributed by atoms with van der Waals surface area (Å²) >= 11 is 3.30. The molecular weight excluding hydrogens is 296 g/mol. The van der Waals surface area contributed by atoms with Crippen LogP contribution in [0.1, 0.15) is 32.0 Å². The molecule has 0 aliphatic carbocycles. The van der Waals surface area contributed by atoms with Crippen molar-refractivity contribution in [1.82, 2.24) is 9.97 Å². The molecule has 5 heteroatoms. The van der Waals surface area contributed by atoms with Gasteiger partial charge in [-0.1, -0.05) is 20.8 Å². The fourth-order valence-corrected chi connectivity index (χ4v) is 2.46. The topological polar surface area (TPSA) is 58.9 Å². The normalized spacial score (nSPS) is 11.8. The maximum Gasteiger partial charge on any atom is 0.265 e. The van der Waals surface area contributed by atoms with Gasteiger partial charge in [0.15, 0.2) is 11.6 Å². The van der Waals surface area contributed by atoms with Crippen molar-refractivity contribution in [3.63, 3.8) is 0 Å². The molecule has 0 aliphatic rings. The first-order valence-electron chi connectivity index (χ1n) is 5.65. The Bertz CT molecular complexity index is 635. The molecule has 0 saturated carbocycles. The van der Waals surface area contributed by atoms with E-state index < -0.39 is 0 Å². The molecule has 0 amide bonds. The molecule has 18 heavy (non-hydrogen) atoms. The van der Waals surface area contributed by atoms with Crippen LogP contribution in [0.5, 0.6) is 0 Å². The zero-order chi connectivity index (χ0) is 13.5. The Balaban J connectivity index is 2.70. The highest BCUT2D eigenvalue weighted by atomic mass is 79.9. The van der Waals surface area contributed by atoms with Crippen molar-refractivity contribution in [2.45, 2.75) is 33.1 Å². The van der Waals surface area contributed by atoms with Gasteiger partial charge in [0.05, 0.1) is 12.0 Å². The first-order chi connectivity index (χ1) is 8.30. The van der Waals surface area contributed by atoms with E-state index in [2.05, 4.69) is 25.9 Å². The number of aromatic nitrogens is 2. The van der Waals surface area contributed by atoms with Gasteiger partial charge < -0.3 is 9.40 Å². The molecule has 0 bridgehead atoms. The lowest BCUT2D eigenvalue weighted by Crippen LogP contribution is -2.22. The first-order valence-corrected chi connectivity index (χ1v) is 6.45. The molecule has 0 saturated heterocycles. The van der Waals surface area contributed by atoms with Crippen molar-refractivity contribution in [2.24, 2.45) is 0 Å². The lowest BCUT2D eigenvalue weighted by Gasteiger charge is -2.19. The van der Waals surface area contributed by atoms with Crippen molar-refractivity contribution in [3.8, 4) is 11.6 Å². The standard InChI is InChI=1S/C13H15BrN2O2/c1-7-5-6-18-9(7)11-15-10(13(2,3)4)8(14)12(17)16-11/h5-6H,1-4H3,(H,15,16,17). The second kappa shape index (κ2) is 4.39. The van der Waals surface area contributed by atoms with Gasteiger partial charge in [0.1, 0.15) is 4.47 Å². The molecule has 1 N–H and O–H groups in total. The molecule has 2 rings (SSSR count). The zero-order valence-corrected chi connectivity index (χ0v) is 12.4. The van der Waals surface area contributed by atoms with Gasteiger partial charge in [-0.05, 0) is 34.5 Å². The van der Waals surface area contributed by atoms with Gasteiger partial charge in [-0.2, -0.15) is 0 Å². The van der Waals surface area contributed by atoms with Gasteiger partial charge in [0.25, 0.3) is 5.56 Å². The van der Waals surface area contributed by atoms with E-state index in [4.69, 9.17) is 4.42 Å². The minimum atomic E-state index is -0.220. The lowest BCUT2D eigenvalue weighted by molar-refractivity contribution is 0.552. The highest BCUT2D eigenvalue weighted by Gasteiger charge is 2.23. The van der Waals surface area contributed by atoms with Gasteiger partial charge in [0.2, 0.25) is 0 Å². The first kappa shape index (κ1) is 13.1. The Hall–Kier alpha value is -1.36. The maximum absolute atomic E-state index is 11.9. The molecule has 2 aromatic heterocycles. The molecule has 0 radical (unpaired) electrons. The summed E-state index contributed by atoms with van der Waals surface area (Å²) in [5.41, 5.74) is 1.25. The van der Waals surface area contributed by atoms with Crippen molar-refractivity contribution in [2.75, 3.05) is 0 Å². The number of aromatic amines is 1. The van der Waals surface area contributed by atoms with E-state index in [1.54, 1.807) is 6.26 Å². The summed E-state index contributed by atoms with van der Waals surface area (Å²) in [4.78, 5) is 19.2. The number of hydrogen-bond acceptors (Lipinski definition) is 3. The van der Waals surface area contributed by atoms with E-state index in [1.807, 2.05) is 33.8 Å². The van der Waals surface area contributed by atoms with Gasteiger partial charge in [0, 0.05) is 5.41 Å². The Kier molecular flexibility index (Phi) is 3.19. The second-order valence-corrected chi connectivity index (χ2v) is 6.05. The highest BCUT2D eigenvalue weighted by molar-refractivity contribution is 9.10. The van der Waals surface area contributed by atoms with Gasteiger partial charge in [-0.25, -0.2) is 4.98 Å². The Morgan fingerprint density at radius 2 is 2.06 bits per heavy atom. The van der Waals surface area contributed by atoms with Crippen LogP contribution in [0.2, 0.25) is 0 Å². The molecule has 2 heterocycles. The van der Waals surface area contributed by atoms with Gasteiger partial charge in [-0.15, -0.1) is 0 Å². The molecule has 0 aliphatic heterocycles. The van der Waals surface area contributed by atoms with Gasteiger partial charge >= 0.3 is 0 Å². The van der Waals surface area contributed by atoms with E-state index in [9.17, 15) is 4.79 Å². The van der Waals surface area contributed by atoms with Crippen LogP contribution in [0.15, 0.2) is 26.0 Å². The highest BCUT2D eigenvalue weighted by Crippen LogP contribution is 2.28. The minimum Gasteiger partial charge on any atom is -0.461 e. The number of halogens is 1.